The van der Waals surface area contributed by atoms with Crippen LogP contribution in [0, 0.1) is 0 Å². The molecule has 4 aromatic rings. The first-order chi connectivity index (χ1) is 8.81. The molecule has 0 atom stereocenters. The zero-order valence-electron chi connectivity index (χ0n) is 9.55. The maximum Gasteiger partial charge on any atom is 0.181 e. The molecule has 3 aromatic carbocycles. The molecule has 4 rings (SSSR count). The molecule has 2 nitrogen and oxygen atoms in total. The van der Waals surface area contributed by atoms with Gasteiger partial charge in [0.1, 0.15) is 0 Å². The third-order valence-corrected chi connectivity index (χ3v) is 4.19. The molecule has 1 aromatic heterocycles. The van der Waals surface area contributed by atoms with Crippen LogP contribution in [-0.2, 0) is 0 Å². The van der Waals surface area contributed by atoms with Crippen LogP contribution in [0.1, 0.15) is 0 Å². The van der Waals surface area contributed by atoms with E-state index in [1.807, 2.05) is 6.07 Å². The average molecular weight is 250 g/mol. The van der Waals surface area contributed by atoms with Gasteiger partial charge in [-0.25, -0.2) is 4.98 Å². The Labute approximate surface area is 108 Å². The van der Waals surface area contributed by atoms with Crippen molar-refractivity contribution in [2.75, 3.05) is 5.73 Å². The number of benzene rings is 3. The lowest BCUT2D eigenvalue weighted by Gasteiger charge is -2.02. The highest BCUT2D eigenvalue weighted by atomic mass is 32.1. The van der Waals surface area contributed by atoms with E-state index in [9.17, 15) is 0 Å². The fourth-order valence-corrected chi connectivity index (χ4v) is 3.27. The summed E-state index contributed by atoms with van der Waals surface area (Å²) in [6.07, 6.45) is 0. The van der Waals surface area contributed by atoms with Crippen molar-refractivity contribution in [1.82, 2.24) is 4.98 Å². The fraction of sp³-hybridized carbons (Fsp3) is 0. The van der Waals surface area contributed by atoms with E-state index in [-0.39, 0.29) is 0 Å². The standard InChI is InChI=1S/C15H10N2S/c16-15-17-13-6-5-11-7-9-3-1-2-4-10(9)8-12(11)14(13)18-15/h1-8H,(H2,16,17). The van der Waals surface area contributed by atoms with Crippen LogP contribution in [0.3, 0.4) is 0 Å². The third-order valence-electron chi connectivity index (χ3n) is 3.25. The highest BCUT2D eigenvalue weighted by Gasteiger charge is 2.06. The van der Waals surface area contributed by atoms with E-state index in [2.05, 4.69) is 47.4 Å². The molecule has 2 N–H and O–H groups in total. The molecule has 0 aliphatic heterocycles. The maximum absolute atomic E-state index is 5.80. The van der Waals surface area contributed by atoms with Gasteiger partial charge in [-0.3, -0.25) is 0 Å². The Morgan fingerprint density at radius 1 is 0.889 bits per heavy atom. The molecule has 0 unspecified atom stereocenters. The number of anilines is 1. The predicted molar refractivity (Wildman–Crippen MR) is 79.0 cm³/mol. The van der Waals surface area contributed by atoms with Crippen molar-refractivity contribution in [3.05, 3.63) is 48.5 Å². The van der Waals surface area contributed by atoms with Crippen LogP contribution in [0.15, 0.2) is 48.5 Å². The van der Waals surface area contributed by atoms with Gasteiger partial charge in [0.25, 0.3) is 0 Å². The van der Waals surface area contributed by atoms with Crippen molar-refractivity contribution in [2.24, 2.45) is 0 Å². The molecule has 0 radical (unpaired) electrons. The van der Waals surface area contributed by atoms with Crippen LogP contribution in [0.25, 0.3) is 31.8 Å². The van der Waals surface area contributed by atoms with Crippen molar-refractivity contribution < 1.29 is 0 Å². The monoisotopic (exact) mass is 250 g/mol. The molecule has 0 spiro atoms. The van der Waals surface area contributed by atoms with Gasteiger partial charge < -0.3 is 5.73 Å². The van der Waals surface area contributed by atoms with E-state index in [1.165, 1.54) is 26.2 Å². The second-order valence-electron chi connectivity index (χ2n) is 4.39. The topological polar surface area (TPSA) is 38.9 Å². The first-order valence-electron chi connectivity index (χ1n) is 5.79. The van der Waals surface area contributed by atoms with Crippen LogP contribution in [-0.4, -0.2) is 4.98 Å². The molecule has 1 heterocycles. The third kappa shape index (κ3) is 1.31. The lowest BCUT2D eigenvalue weighted by molar-refractivity contribution is 1.50. The number of rotatable bonds is 0. The first kappa shape index (κ1) is 9.85. The molecule has 18 heavy (non-hydrogen) atoms. The Kier molecular flexibility index (Phi) is 1.88. The van der Waals surface area contributed by atoms with E-state index >= 15 is 0 Å². The Balaban J connectivity index is 2.26. The zero-order chi connectivity index (χ0) is 12.1. The van der Waals surface area contributed by atoms with Crippen LogP contribution >= 0.6 is 11.3 Å². The minimum atomic E-state index is 0.630. The van der Waals surface area contributed by atoms with Gasteiger partial charge in [-0.2, -0.15) is 0 Å². The quantitative estimate of drug-likeness (QED) is 0.475. The number of nitrogens with two attached hydrogens (primary N) is 1. The Morgan fingerprint density at radius 2 is 1.67 bits per heavy atom. The number of hydrogen-bond acceptors (Lipinski definition) is 3. The Morgan fingerprint density at radius 3 is 2.50 bits per heavy atom. The molecule has 0 saturated heterocycles. The van der Waals surface area contributed by atoms with Crippen LogP contribution < -0.4 is 5.73 Å². The van der Waals surface area contributed by atoms with Crippen molar-refractivity contribution in [3.63, 3.8) is 0 Å². The highest BCUT2D eigenvalue weighted by molar-refractivity contribution is 7.23. The fourth-order valence-electron chi connectivity index (χ4n) is 2.42. The molecule has 0 aliphatic rings. The van der Waals surface area contributed by atoms with Gasteiger partial charge in [0, 0.05) is 5.39 Å². The average Bonchev–Trinajstić information content (AvgIpc) is 2.77. The maximum atomic E-state index is 5.80. The Bertz CT molecular complexity index is 893. The van der Waals surface area contributed by atoms with Crippen LogP contribution in [0.2, 0.25) is 0 Å². The van der Waals surface area contributed by atoms with Crippen LogP contribution in [0.4, 0.5) is 5.13 Å². The molecule has 0 saturated carbocycles. The minimum absolute atomic E-state index is 0.630. The van der Waals surface area contributed by atoms with Gasteiger partial charge >= 0.3 is 0 Å². The van der Waals surface area contributed by atoms with Crippen LogP contribution in [0.5, 0.6) is 0 Å². The normalized spacial score (nSPS) is 11.6. The summed E-state index contributed by atoms with van der Waals surface area (Å²) in [4.78, 5) is 4.34. The largest absolute Gasteiger partial charge is 0.375 e. The lowest BCUT2D eigenvalue weighted by Crippen LogP contribution is -1.79. The molecular formula is C15H10N2S. The lowest BCUT2D eigenvalue weighted by atomic mass is 10.0. The van der Waals surface area contributed by atoms with Gasteiger partial charge in [-0.15, -0.1) is 0 Å². The predicted octanol–water partition coefficient (Wildman–Crippen LogP) is 4.18. The first-order valence-corrected chi connectivity index (χ1v) is 6.60. The number of nitrogens with zero attached hydrogens (tertiary/aromatic N) is 1. The molecule has 0 fully saturated rings. The molecule has 0 aliphatic carbocycles. The molecular weight excluding hydrogens is 240 g/mol. The van der Waals surface area contributed by atoms with E-state index in [0.717, 1.165) is 5.52 Å². The highest BCUT2D eigenvalue weighted by Crippen LogP contribution is 2.33. The summed E-state index contributed by atoms with van der Waals surface area (Å²) >= 11 is 1.56. The van der Waals surface area contributed by atoms with Gasteiger partial charge in [0.15, 0.2) is 5.13 Å². The SMILES string of the molecule is Nc1nc2ccc3cc4ccccc4cc3c2s1. The molecule has 0 amide bonds. The van der Waals surface area contributed by atoms with Crippen molar-refractivity contribution >= 4 is 48.2 Å². The smallest absolute Gasteiger partial charge is 0.181 e. The van der Waals surface area contributed by atoms with Crippen molar-refractivity contribution in [1.29, 1.82) is 0 Å². The minimum Gasteiger partial charge on any atom is -0.375 e. The second kappa shape index (κ2) is 3.43. The summed E-state index contributed by atoms with van der Waals surface area (Å²) in [6, 6.07) is 17.0. The molecule has 0 bridgehead atoms. The van der Waals surface area contributed by atoms with Gasteiger partial charge in [-0.1, -0.05) is 41.7 Å². The Hall–Kier alpha value is -2.13. The van der Waals surface area contributed by atoms with E-state index in [0.29, 0.717) is 5.13 Å². The molecule has 3 heteroatoms. The summed E-state index contributed by atoms with van der Waals surface area (Å²) in [5, 5.41) is 5.63. The number of aromatic nitrogens is 1. The molecule has 86 valence electrons. The zero-order valence-corrected chi connectivity index (χ0v) is 10.4. The van der Waals surface area contributed by atoms with Crippen molar-refractivity contribution in [2.45, 2.75) is 0 Å². The van der Waals surface area contributed by atoms with Crippen molar-refractivity contribution in [3.8, 4) is 0 Å². The number of fused-ring (bicyclic) bond motifs is 4. The van der Waals surface area contributed by atoms with E-state index in [4.69, 9.17) is 5.73 Å². The van der Waals surface area contributed by atoms with Gasteiger partial charge in [-0.05, 0) is 34.4 Å². The van der Waals surface area contributed by atoms with E-state index < -0.39 is 0 Å². The van der Waals surface area contributed by atoms with E-state index in [1.54, 1.807) is 11.3 Å². The number of thiazole rings is 1. The summed E-state index contributed by atoms with van der Waals surface area (Å²) in [5.41, 5.74) is 6.79. The summed E-state index contributed by atoms with van der Waals surface area (Å²) in [6.45, 7) is 0. The number of hydrogen-bond donors (Lipinski definition) is 1. The van der Waals surface area contributed by atoms with Gasteiger partial charge in [0.2, 0.25) is 0 Å². The number of nitrogen functional groups attached to an aromatic ring is 1. The van der Waals surface area contributed by atoms with Gasteiger partial charge in [0.05, 0.1) is 10.2 Å². The summed E-state index contributed by atoms with van der Waals surface area (Å²) in [5.74, 6) is 0. The second-order valence-corrected chi connectivity index (χ2v) is 5.42. The summed E-state index contributed by atoms with van der Waals surface area (Å²) < 4.78 is 1.18. The summed E-state index contributed by atoms with van der Waals surface area (Å²) in [7, 11) is 0.